The summed E-state index contributed by atoms with van der Waals surface area (Å²) in [6.45, 7) is 1.58. The van der Waals surface area contributed by atoms with Gasteiger partial charge in [-0.3, -0.25) is 4.79 Å². The normalized spacial score (nSPS) is 12.0. The summed E-state index contributed by atoms with van der Waals surface area (Å²) in [5.74, 6) is -0.513. The first-order valence-corrected chi connectivity index (χ1v) is 13.5. The fourth-order valence-corrected chi connectivity index (χ4v) is 5.24. The molecule has 3 aromatic carbocycles. The number of nitrogens with one attached hydrogen (secondary N) is 1. The van der Waals surface area contributed by atoms with E-state index in [1.807, 2.05) is 25.1 Å². The van der Waals surface area contributed by atoms with Crippen molar-refractivity contribution in [3.63, 3.8) is 0 Å². The minimum absolute atomic E-state index is 0.00309. The third-order valence-electron chi connectivity index (χ3n) is 4.95. The van der Waals surface area contributed by atoms with Gasteiger partial charge in [-0.2, -0.15) is 4.31 Å². The predicted molar refractivity (Wildman–Crippen MR) is 130 cm³/mol. The van der Waals surface area contributed by atoms with Gasteiger partial charge in [0.25, 0.3) is 0 Å². The van der Waals surface area contributed by atoms with Crippen LogP contribution in [-0.4, -0.2) is 33.6 Å². The number of hydrogen-bond acceptors (Lipinski definition) is 5. The highest BCUT2D eigenvalue weighted by molar-refractivity contribution is 7.89. The zero-order valence-corrected chi connectivity index (χ0v) is 20.7. The van der Waals surface area contributed by atoms with Crippen LogP contribution in [0.5, 0.6) is 0 Å². The van der Waals surface area contributed by atoms with E-state index in [-0.39, 0.29) is 22.9 Å². The number of benzene rings is 3. The molecule has 0 saturated heterocycles. The number of hydrogen-bond donors (Lipinski definition) is 2. The molecule has 34 heavy (non-hydrogen) atoms. The molecule has 3 N–H and O–H groups in total. The van der Waals surface area contributed by atoms with E-state index in [0.717, 1.165) is 15.4 Å². The molecule has 0 atom stereocenters. The molecule has 0 aromatic heterocycles. The standard InChI is InChI=1S/C23H24ClN3O5S2/c1-17-3-2-4-19(13-17)15-27(34(31,32)22-11-7-20(24)8-12-22)16-23(28)26-14-18-5-9-21(10-6-18)33(25,29)30/h2-13H,14-16H2,1H3,(H,26,28)(H2,25,29,30). The minimum atomic E-state index is -4.00. The first kappa shape index (κ1) is 25.9. The van der Waals surface area contributed by atoms with Crippen molar-refractivity contribution in [3.05, 3.63) is 94.5 Å². The van der Waals surface area contributed by atoms with Gasteiger partial charge in [-0.15, -0.1) is 0 Å². The van der Waals surface area contributed by atoms with Crippen LogP contribution in [0.25, 0.3) is 0 Å². The Balaban J connectivity index is 1.77. The number of amides is 1. The van der Waals surface area contributed by atoms with Gasteiger partial charge >= 0.3 is 0 Å². The molecule has 0 saturated carbocycles. The van der Waals surface area contributed by atoms with Crippen LogP contribution in [0.1, 0.15) is 16.7 Å². The van der Waals surface area contributed by atoms with Crippen molar-refractivity contribution in [1.29, 1.82) is 0 Å². The molecule has 0 unspecified atom stereocenters. The lowest BCUT2D eigenvalue weighted by Gasteiger charge is -2.22. The number of nitrogens with two attached hydrogens (primary N) is 1. The average molecular weight is 522 g/mol. The van der Waals surface area contributed by atoms with Crippen molar-refractivity contribution in [2.24, 2.45) is 5.14 Å². The average Bonchev–Trinajstić information content (AvgIpc) is 2.77. The Morgan fingerprint density at radius 1 is 0.912 bits per heavy atom. The highest BCUT2D eigenvalue weighted by Gasteiger charge is 2.27. The van der Waals surface area contributed by atoms with Crippen LogP contribution in [0.15, 0.2) is 82.6 Å². The van der Waals surface area contributed by atoms with Gasteiger partial charge in [0.15, 0.2) is 0 Å². The summed E-state index contributed by atoms with van der Waals surface area (Å²) in [6.07, 6.45) is 0. The molecule has 0 spiro atoms. The van der Waals surface area contributed by atoms with Crippen molar-refractivity contribution in [2.45, 2.75) is 29.8 Å². The number of aryl methyl sites for hydroxylation is 1. The summed E-state index contributed by atoms with van der Waals surface area (Å²) < 4.78 is 50.5. The Hall–Kier alpha value is -2.76. The number of carbonyl (C=O) groups is 1. The van der Waals surface area contributed by atoms with Crippen LogP contribution < -0.4 is 10.5 Å². The third-order valence-corrected chi connectivity index (χ3v) is 7.94. The summed E-state index contributed by atoms with van der Waals surface area (Å²) in [6, 6.07) is 18.8. The maximum atomic E-state index is 13.3. The number of carbonyl (C=O) groups excluding carboxylic acids is 1. The minimum Gasteiger partial charge on any atom is -0.351 e. The number of sulfonamides is 2. The van der Waals surface area contributed by atoms with Crippen LogP contribution in [0.3, 0.4) is 0 Å². The zero-order valence-electron chi connectivity index (χ0n) is 18.3. The van der Waals surface area contributed by atoms with E-state index in [2.05, 4.69) is 5.32 Å². The Bertz CT molecular complexity index is 1370. The van der Waals surface area contributed by atoms with Crippen molar-refractivity contribution in [1.82, 2.24) is 9.62 Å². The van der Waals surface area contributed by atoms with Crippen LogP contribution >= 0.6 is 11.6 Å². The van der Waals surface area contributed by atoms with Crippen molar-refractivity contribution in [2.75, 3.05) is 6.54 Å². The largest absolute Gasteiger partial charge is 0.351 e. The molecular formula is C23H24ClN3O5S2. The van der Waals surface area contributed by atoms with Gasteiger partial charge in [0.05, 0.1) is 16.3 Å². The number of primary sulfonamides is 1. The van der Waals surface area contributed by atoms with Gasteiger partial charge in [0.1, 0.15) is 0 Å². The molecule has 0 bridgehead atoms. The van der Waals surface area contributed by atoms with Gasteiger partial charge in [-0.1, -0.05) is 53.6 Å². The second-order valence-corrected chi connectivity index (χ2v) is 11.6. The maximum absolute atomic E-state index is 13.3. The highest BCUT2D eigenvalue weighted by Crippen LogP contribution is 2.21. The second kappa shape index (κ2) is 10.7. The molecule has 0 aliphatic heterocycles. The molecule has 0 radical (unpaired) electrons. The van der Waals surface area contributed by atoms with E-state index in [1.54, 1.807) is 6.07 Å². The second-order valence-electron chi connectivity index (χ2n) is 7.68. The Morgan fingerprint density at radius 2 is 1.53 bits per heavy atom. The van der Waals surface area contributed by atoms with E-state index in [1.165, 1.54) is 48.5 Å². The highest BCUT2D eigenvalue weighted by atomic mass is 35.5. The molecule has 11 heteroatoms. The SMILES string of the molecule is Cc1cccc(CN(CC(=O)NCc2ccc(S(N)(=O)=O)cc2)S(=O)(=O)c2ccc(Cl)cc2)c1. The third kappa shape index (κ3) is 6.87. The molecule has 3 aromatic rings. The molecular weight excluding hydrogens is 498 g/mol. The summed E-state index contributed by atoms with van der Waals surface area (Å²) in [7, 11) is -7.81. The van der Waals surface area contributed by atoms with Crippen molar-refractivity contribution >= 4 is 37.6 Å². The van der Waals surface area contributed by atoms with Gasteiger partial charge < -0.3 is 5.32 Å². The molecule has 1 amide bonds. The lowest BCUT2D eigenvalue weighted by molar-refractivity contribution is -0.121. The Labute approximate surface area is 204 Å². The Morgan fingerprint density at radius 3 is 2.12 bits per heavy atom. The van der Waals surface area contributed by atoms with Crippen LogP contribution in [-0.2, 0) is 37.9 Å². The number of halogens is 1. The summed E-state index contributed by atoms with van der Waals surface area (Å²) in [5, 5.41) is 8.16. The van der Waals surface area contributed by atoms with Gasteiger partial charge in [-0.25, -0.2) is 22.0 Å². The van der Waals surface area contributed by atoms with Crippen LogP contribution in [0, 0.1) is 6.92 Å². The monoisotopic (exact) mass is 521 g/mol. The fourth-order valence-electron chi connectivity index (χ4n) is 3.21. The number of rotatable bonds is 9. The van der Waals surface area contributed by atoms with Crippen molar-refractivity contribution < 1.29 is 21.6 Å². The first-order chi connectivity index (χ1) is 15.9. The van der Waals surface area contributed by atoms with Gasteiger partial charge in [0.2, 0.25) is 26.0 Å². The lowest BCUT2D eigenvalue weighted by atomic mass is 10.1. The maximum Gasteiger partial charge on any atom is 0.243 e. The van der Waals surface area contributed by atoms with Gasteiger partial charge in [0, 0.05) is 18.1 Å². The molecule has 0 heterocycles. The smallest absolute Gasteiger partial charge is 0.243 e. The molecule has 0 aliphatic rings. The van der Waals surface area contributed by atoms with E-state index in [9.17, 15) is 21.6 Å². The van der Waals surface area contributed by atoms with E-state index >= 15 is 0 Å². The van der Waals surface area contributed by atoms with Crippen molar-refractivity contribution in [3.8, 4) is 0 Å². The summed E-state index contributed by atoms with van der Waals surface area (Å²) in [4.78, 5) is 12.7. The van der Waals surface area contributed by atoms with E-state index in [4.69, 9.17) is 16.7 Å². The fraction of sp³-hybridized carbons (Fsp3) is 0.174. The zero-order chi connectivity index (χ0) is 24.9. The summed E-state index contributed by atoms with van der Waals surface area (Å²) in [5.41, 5.74) is 2.34. The van der Waals surface area contributed by atoms with Crippen LogP contribution in [0.2, 0.25) is 5.02 Å². The molecule has 180 valence electrons. The van der Waals surface area contributed by atoms with Crippen LogP contribution in [0.4, 0.5) is 0 Å². The molecule has 0 fully saturated rings. The van der Waals surface area contributed by atoms with E-state index in [0.29, 0.717) is 10.6 Å². The first-order valence-electron chi connectivity index (χ1n) is 10.1. The molecule has 0 aliphatic carbocycles. The summed E-state index contributed by atoms with van der Waals surface area (Å²) >= 11 is 5.89. The predicted octanol–water partition coefficient (Wildman–Crippen LogP) is 2.80. The van der Waals surface area contributed by atoms with Gasteiger partial charge in [-0.05, 0) is 54.4 Å². The lowest BCUT2D eigenvalue weighted by Crippen LogP contribution is -2.40. The molecule has 8 nitrogen and oxygen atoms in total. The molecule has 3 rings (SSSR count). The topological polar surface area (TPSA) is 127 Å². The number of nitrogens with zero attached hydrogens (tertiary/aromatic N) is 1. The quantitative estimate of drug-likeness (QED) is 0.447. The Kier molecular flexibility index (Phi) is 8.11. The van der Waals surface area contributed by atoms with E-state index < -0.39 is 32.5 Å².